The molecule has 0 saturated heterocycles. The van der Waals surface area contributed by atoms with Crippen molar-refractivity contribution >= 4 is 11.6 Å². The third kappa shape index (κ3) is 3.17. The number of nitrogens with one attached hydrogen (secondary N) is 1. The summed E-state index contributed by atoms with van der Waals surface area (Å²) in [7, 11) is 3.48. The molecule has 2 aromatic rings. The second-order valence-corrected chi connectivity index (χ2v) is 4.63. The molecular weight excluding hydrogens is 254 g/mol. The number of nitrogens with zero attached hydrogens (tertiary/aromatic N) is 2. The molecule has 1 N–H and O–H groups in total. The Kier molecular flexibility index (Phi) is 4.40. The van der Waals surface area contributed by atoms with E-state index in [1.54, 1.807) is 7.11 Å². The van der Waals surface area contributed by atoms with Crippen LogP contribution in [0.2, 0.25) is 0 Å². The highest BCUT2D eigenvalue weighted by atomic mass is 16.5. The lowest BCUT2D eigenvalue weighted by molar-refractivity contribution is -0.116. The van der Waals surface area contributed by atoms with Gasteiger partial charge < -0.3 is 10.1 Å². The smallest absolute Gasteiger partial charge is 0.224 e. The third-order valence-corrected chi connectivity index (χ3v) is 3.34. The van der Waals surface area contributed by atoms with Gasteiger partial charge in [-0.25, -0.2) is 0 Å². The molecule has 0 unspecified atom stereocenters. The average Bonchev–Trinajstić information content (AvgIpc) is 2.77. The minimum Gasteiger partial charge on any atom is -0.495 e. The third-order valence-electron chi connectivity index (χ3n) is 3.34. The zero-order valence-electron chi connectivity index (χ0n) is 12.0. The Balaban J connectivity index is 1.94. The maximum Gasteiger partial charge on any atom is 0.224 e. The Bertz CT molecular complexity index is 605. The lowest BCUT2D eigenvalue weighted by atomic mass is 10.1. The van der Waals surface area contributed by atoms with Crippen molar-refractivity contribution in [2.75, 3.05) is 12.4 Å². The molecule has 5 heteroatoms. The quantitative estimate of drug-likeness (QED) is 0.909. The number of carbonyl (C=O) groups excluding carboxylic acids is 1. The molecule has 1 amide bonds. The summed E-state index contributed by atoms with van der Waals surface area (Å²) in [5, 5.41) is 7.04. The van der Waals surface area contributed by atoms with Crippen molar-refractivity contribution in [3.05, 3.63) is 41.7 Å². The summed E-state index contributed by atoms with van der Waals surface area (Å²) in [5.74, 6) is 0.635. The number of anilines is 1. The van der Waals surface area contributed by atoms with Crippen molar-refractivity contribution in [1.82, 2.24) is 9.78 Å². The van der Waals surface area contributed by atoms with Crippen LogP contribution in [0.3, 0.4) is 0 Å². The first-order chi connectivity index (χ1) is 9.61. The largest absolute Gasteiger partial charge is 0.495 e. The van der Waals surface area contributed by atoms with Gasteiger partial charge in [0.05, 0.1) is 19.0 Å². The summed E-state index contributed by atoms with van der Waals surface area (Å²) < 4.78 is 7.02. The van der Waals surface area contributed by atoms with E-state index in [-0.39, 0.29) is 5.91 Å². The van der Waals surface area contributed by atoms with E-state index in [9.17, 15) is 4.79 Å². The van der Waals surface area contributed by atoms with E-state index in [1.807, 2.05) is 49.1 Å². The van der Waals surface area contributed by atoms with Crippen LogP contribution >= 0.6 is 0 Å². The Morgan fingerprint density at radius 2 is 2.15 bits per heavy atom. The van der Waals surface area contributed by atoms with Gasteiger partial charge in [0, 0.05) is 19.2 Å². The van der Waals surface area contributed by atoms with Gasteiger partial charge in [-0.2, -0.15) is 5.10 Å². The van der Waals surface area contributed by atoms with Crippen molar-refractivity contribution in [1.29, 1.82) is 0 Å². The minimum absolute atomic E-state index is 0.0299. The Morgan fingerprint density at radius 3 is 2.80 bits per heavy atom. The molecule has 0 aliphatic carbocycles. The molecular formula is C15H19N3O2. The molecule has 0 aliphatic rings. The number of hydrogen-bond acceptors (Lipinski definition) is 3. The van der Waals surface area contributed by atoms with Crippen LogP contribution in [0.1, 0.15) is 17.7 Å². The molecule has 0 fully saturated rings. The van der Waals surface area contributed by atoms with E-state index >= 15 is 0 Å². The van der Waals surface area contributed by atoms with Crippen LogP contribution < -0.4 is 10.1 Å². The summed E-state index contributed by atoms with van der Waals surface area (Å²) in [6, 6.07) is 7.38. The van der Waals surface area contributed by atoms with Gasteiger partial charge in [-0.05, 0) is 31.0 Å². The van der Waals surface area contributed by atoms with Gasteiger partial charge in [-0.15, -0.1) is 0 Å². The van der Waals surface area contributed by atoms with E-state index in [4.69, 9.17) is 4.74 Å². The van der Waals surface area contributed by atoms with Crippen LogP contribution in [-0.2, 0) is 18.3 Å². The lowest BCUT2D eigenvalue weighted by Crippen LogP contribution is -2.13. The van der Waals surface area contributed by atoms with Gasteiger partial charge in [-0.1, -0.05) is 12.1 Å². The Hall–Kier alpha value is -2.30. The number of methoxy groups -OCH3 is 1. The van der Waals surface area contributed by atoms with Crippen LogP contribution in [0.25, 0.3) is 0 Å². The summed E-state index contributed by atoms with van der Waals surface area (Å²) >= 11 is 0. The summed E-state index contributed by atoms with van der Waals surface area (Å²) in [6.07, 6.45) is 2.91. The molecule has 1 aromatic carbocycles. The fourth-order valence-corrected chi connectivity index (χ4v) is 2.00. The topological polar surface area (TPSA) is 56.1 Å². The van der Waals surface area contributed by atoms with E-state index in [2.05, 4.69) is 10.4 Å². The average molecular weight is 273 g/mol. The normalized spacial score (nSPS) is 10.3. The number of carbonyl (C=O) groups is 1. The number of para-hydroxylation sites is 2. The van der Waals surface area contributed by atoms with Crippen molar-refractivity contribution in [3.8, 4) is 5.75 Å². The molecule has 5 nitrogen and oxygen atoms in total. The standard InChI is InChI=1S/C15H19N3O2/c1-11-12(10-16-18(11)2)8-9-15(19)17-13-6-4-5-7-14(13)20-3/h4-7,10H,8-9H2,1-3H3,(H,17,19). The summed E-state index contributed by atoms with van der Waals surface area (Å²) in [4.78, 5) is 12.0. The molecule has 0 bridgehead atoms. The maximum atomic E-state index is 12.0. The molecule has 0 spiro atoms. The first-order valence-electron chi connectivity index (χ1n) is 6.52. The fraction of sp³-hybridized carbons (Fsp3) is 0.333. The van der Waals surface area contributed by atoms with Crippen LogP contribution in [0, 0.1) is 6.92 Å². The number of amides is 1. The van der Waals surface area contributed by atoms with E-state index in [0.29, 0.717) is 24.3 Å². The highest BCUT2D eigenvalue weighted by Crippen LogP contribution is 2.23. The first-order valence-corrected chi connectivity index (χ1v) is 6.52. The van der Waals surface area contributed by atoms with Crippen molar-refractivity contribution < 1.29 is 9.53 Å². The summed E-state index contributed by atoms with van der Waals surface area (Å²) in [5.41, 5.74) is 2.89. The summed E-state index contributed by atoms with van der Waals surface area (Å²) in [6.45, 7) is 2.00. The molecule has 106 valence electrons. The van der Waals surface area contributed by atoms with Crippen LogP contribution in [-0.4, -0.2) is 22.8 Å². The monoisotopic (exact) mass is 273 g/mol. The Labute approximate surface area is 118 Å². The zero-order chi connectivity index (χ0) is 14.5. The van der Waals surface area contributed by atoms with Crippen molar-refractivity contribution in [3.63, 3.8) is 0 Å². The van der Waals surface area contributed by atoms with E-state index in [1.165, 1.54) is 0 Å². The molecule has 1 aromatic heterocycles. The van der Waals surface area contributed by atoms with Gasteiger partial charge in [0.15, 0.2) is 0 Å². The molecule has 0 atom stereocenters. The molecule has 20 heavy (non-hydrogen) atoms. The number of benzene rings is 1. The lowest BCUT2D eigenvalue weighted by Gasteiger charge is -2.09. The second-order valence-electron chi connectivity index (χ2n) is 4.63. The second kappa shape index (κ2) is 6.23. The van der Waals surface area contributed by atoms with Crippen molar-refractivity contribution in [2.45, 2.75) is 19.8 Å². The number of aryl methyl sites for hydroxylation is 2. The van der Waals surface area contributed by atoms with Gasteiger partial charge >= 0.3 is 0 Å². The molecule has 0 radical (unpaired) electrons. The minimum atomic E-state index is -0.0299. The van der Waals surface area contributed by atoms with Gasteiger partial charge in [0.1, 0.15) is 5.75 Å². The van der Waals surface area contributed by atoms with Crippen molar-refractivity contribution in [2.24, 2.45) is 7.05 Å². The van der Waals surface area contributed by atoms with E-state index < -0.39 is 0 Å². The Morgan fingerprint density at radius 1 is 1.40 bits per heavy atom. The number of hydrogen-bond donors (Lipinski definition) is 1. The van der Waals surface area contributed by atoms with Gasteiger partial charge in [-0.3, -0.25) is 9.48 Å². The van der Waals surface area contributed by atoms with E-state index in [0.717, 1.165) is 11.3 Å². The predicted molar refractivity (Wildman–Crippen MR) is 77.9 cm³/mol. The zero-order valence-corrected chi connectivity index (χ0v) is 12.0. The highest BCUT2D eigenvalue weighted by Gasteiger charge is 2.09. The fourth-order valence-electron chi connectivity index (χ4n) is 2.00. The first kappa shape index (κ1) is 14.1. The predicted octanol–water partition coefficient (Wildman–Crippen LogP) is 2.31. The van der Waals surface area contributed by atoms with Gasteiger partial charge in [0.2, 0.25) is 5.91 Å². The molecule has 2 rings (SSSR count). The van der Waals surface area contributed by atoms with Gasteiger partial charge in [0.25, 0.3) is 0 Å². The number of aromatic nitrogens is 2. The molecule has 1 heterocycles. The number of ether oxygens (including phenoxy) is 1. The number of rotatable bonds is 5. The van der Waals surface area contributed by atoms with Crippen LogP contribution in [0.5, 0.6) is 5.75 Å². The molecule has 0 aliphatic heterocycles. The van der Waals surface area contributed by atoms with Crippen LogP contribution in [0.15, 0.2) is 30.5 Å². The maximum absolute atomic E-state index is 12.0. The SMILES string of the molecule is COc1ccccc1NC(=O)CCc1cnn(C)c1C. The van der Waals surface area contributed by atoms with Crippen LogP contribution in [0.4, 0.5) is 5.69 Å². The highest BCUT2D eigenvalue weighted by molar-refractivity contribution is 5.92. The molecule has 0 saturated carbocycles.